The van der Waals surface area contributed by atoms with Gasteiger partial charge < -0.3 is 15.1 Å². The zero-order valence-electron chi connectivity index (χ0n) is 13.4. The lowest BCUT2D eigenvalue weighted by atomic mass is 9.96. The highest BCUT2D eigenvalue weighted by atomic mass is 15.3. The molecule has 0 radical (unpaired) electrons. The zero-order valence-corrected chi connectivity index (χ0v) is 13.4. The fourth-order valence-electron chi connectivity index (χ4n) is 2.35. The fraction of sp³-hybridized carbons (Fsp3) is 0.733. The van der Waals surface area contributed by atoms with Crippen LogP contribution in [0.4, 0.5) is 11.6 Å². The highest BCUT2D eigenvalue weighted by molar-refractivity contribution is 5.50. The van der Waals surface area contributed by atoms with Crippen LogP contribution >= 0.6 is 0 Å². The number of likely N-dealkylation sites (N-methyl/N-ethyl adjacent to an activating group) is 1. The van der Waals surface area contributed by atoms with Gasteiger partial charge in [0.05, 0.1) is 0 Å². The third-order valence-corrected chi connectivity index (χ3v) is 3.78. The predicted molar refractivity (Wildman–Crippen MR) is 84.6 cm³/mol. The lowest BCUT2D eigenvalue weighted by Gasteiger charge is -2.35. The van der Waals surface area contributed by atoms with Crippen molar-refractivity contribution in [2.75, 3.05) is 50.0 Å². The van der Waals surface area contributed by atoms with E-state index in [-0.39, 0.29) is 5.41 Å². The molecule has 5 nitrogen and oxygen atoms in total. The molecule has 0 amide bonds. The quantitative estimate of drug-likeness (QED) is 0.915. The molecule has 1 aromatic rings. The second-order valence-electron chi connectivity index (χ2n) is 6.36. The largest absolute Gasteiger partial charge is 0.373 e. The molecule has 1 aliphatic rings. The minimum atomic E-state index is -0.0349. The Morgan fingerprint density at radius 1 is 1.15 bits per heavy atom. The van der Waals surface area contributed by atoms with Gasteiger partial charge in [-0.05, 0) is 6.54 Å². The number of hydrogen-bond acceptors (Lipinski definition) is 5. The molecule has 0 aliphatic carbocycles. The van der Waals surface area contributed by atoms with E-state index in [2.05, 4.69) is 53.9 Å². The lowest BCUT2D eigenvalue weighted by Crippen LogP contribution is -2.46. The molecule has 5 heteroatoms. The predicted octanol–water partition coefficient (Wildman–Crippen LogP) is 1.96. The summed E-state index contributed by atoms with van der Waals surface area (Å²) in [4.78, 5) is 14.2. The van der Waals surface area contributed by atoms with Crippen molar-refractivity contribution in [2.45, 2.75) is 33.1 Å². The summed E-state index contributed by atoms with van der Waals surface area (Å²) in [5.41, 5.74) is -0.0349. The molecule has 0 saturated carbocycles. The van der Waals surface area contributed by atoms with Crippen LogP contribution in [0.1, 0.15) is 33.5 Å². The average molecular weight is 277 g/mol. The Morgan fingerprint density at radius 3 is 2.30 bits per heavy atom. The first-order valence-electron chi connectivity index (χ1n) is 7.48. The Balaban J connectivity index is 2.23. The van der Waals surface area contributed by atoms with E-state index in [0.717, 1.165) is 50.2 Å². The standard InChI is InChI=1S/C15H27N5/c1-6-19-7-9-20(10-8-19)13-11-12(16-5)17-14(18-13)15(2,3)4/h11H,6-10H2,1-5H3,(H,16,17,18). The Hall–Kier alpha value is -1.36. The maximum atomic E-state index is 4.78. The molecule has 0 spiro atoms. The van der Waals surface area contributed by atoms with Gasteiger partial charge in [-0.3, -0.25) is 0 Å². The number of rotatable bonds is 3. The van der Waals surface area contributed by atoms with Gasteiger partial charge in [0.1, 0.15) is 17.5 Å². The third-order valence-electron chi connectivity index (χ3n) is 3.78. The van der Waals surface area contributed by atoms with E-state index in [9.17, 15) is 0 Å². The van der Waals surface area contributed by atoms with Crippen molar-refractivity contribution in [3.63, 3.8) is 0 Å². The van der Waals surface area contributed by atoms with Gasteiger partial charge in [0.2, 0.25) is 0 Å². The molecule has 112 valence electrons. The van der Waals surface area contributed by atoms with Gasteiger partial charge in [0.25, 0.3) is 0 Å². The molecule has 2 heterocycles. The van der Waals surface area contributed by atoms with Crippen LogP contribution in [0.2, 0.25) is 0 Å². The number of nitrogens with zero attached hydrogens (tertiary/aromatic N) is 4. The van der Waals surface area contributed by atoms with E-state index < -0.39 is 0 Å². The molecule has 1 aromatic heterocycles. The first-order valence-corrected chi connectivity index (χ1v) is 7.48. The summed E-state index contributed by atoms with van der Waals surface area (Å²) in [7, 11) is 1.91. The third kappa shape index (κ3) is 3.39. The van der Waals surface area contributed by atoms with Crippen LogP contribution in [0.25, 0.3) is 0 Å². The molecule has 1 saturated heterocycles. The summed E-state index contributed by atoms with van der Waals surface area (Å²) < 4.78 is 0. The van der Waals surface area contributed by atoms with E-state index in [1.165, 1.54) is 0 Å². The van der Waals surface area contributed by atoms with E-state index in [4.69, 9.17) is 4.98 Å². The fourth-order valence-corrected chi connectivity index (χ4v) is 2.35. The smallest absolute Gasteiger partial charge is 0.138 e. The van der Waals surface area contributed by atoms with Gasteiger partial charge in [-0.25, -0.2) is 9.97 Å². The highest BCUT2D eigenvalue weighted by Crippen LogP contribution is 2.24. The Kier molecular flexibility index (Phi) is 4.48. The second-order valence-corrected chi connectivity index (χ2v) is 6.36. The lowest BCUT2D eigenvalue weighted by molar-refractivity contribution is 0.270. The first kappa shape index (κ1) is 15.0. The van der Waals surface area contributed by atoms with Crippen molar-refractivity contribution in [1.82, 2.24) is 14.9 Å². The van der Waals surface area contributed by atoms with Gasteiger partial charge in [-0.2, -0.15) is 0 Å². The van der Waals surface area contributed by atoms with Crippen LogP contribution in [0.5, 0.6) is 0 Å². The van der Waals surface area contributed by atoms with Crippen molar-refractivity contribution < 1.29 is 0 Å². The summed E-state index contributed by atoms with van der Waals surface area (Å²) in [5, 5.41) is 3.15. The summed E-state index contributed by atoms with van der Waals surface area (Å²) in [6, 6.07) is 2.05. The molecule has 0 atom stereocenters. The molecule has 2 rings (SSSR count). The van der Waals surface area contributed by atoms with Gasteiger partial charge in [-0.15, -0.1) is 0 Å². The minimum absolute atomic E-state index is 0.0349. The average Bonchev–Trinajstić information content (AvgIpc) is 2.46. The number of piperazine rings is 1. The van der Waals surface area contributed by atoms with E-state index in [0.29, 0.717) is 0 Å². The minimum Gasteiger partial charge on any atom is -0.373 e. The molecule has 1 N–H and O–H groups in total. The van der Waals surface area contributed by atoms with Crippen molar-refractivity contribution in [3.8, 4) is 0 Å². The van der Waals surface area contributed by atoms with Gasteiger partial charge >= 0.3 is 0 Å². The van der Waals surface area contributed by atoms with Crippen LogP contribution in [-0.2, 0) is 5.41 Å². The molecular formula is C15H27N5. The zero-order chi connectivity index (χ0) is 14.8. The van der Waals surface area contributed by atoms with Crippen LogP contribution in [0.15, 0.2) is 6.07 Å². The van der Waals surface area contributed by atoms with Crippen LogP contribution in [0.3, 0.4) is 0 Å². The van der Waals surface area contributed by atoms with Crippen LogP contribution in [0, 0.1) is 0 Å². The number of hydrogen-bond donors (Lipinski definition) is 1. The first-order chi connectivity index (χ1) is 9.44. The Bertz CT molecular complexity index is 444. The van der Waals surface area contributed by atoms with Crippen molar-refractivity contribution in [3.05, 3.63) is 11.9 Å². The highest BCUT2D eigenvalue weighted by Gasteiger charge is 2.22. The summed E-state index contributed by atoms with van der Waals surface area (Å²) >= 11 is 0. The number of aromatic nitrogens is 2. The molecule has 0 aromatic carbocycles. The maximum Gasteiger partial charge on any atom is 0.138 e. The van der Waals surface area contributed by atoms with Crippen LogP contribution in [-0.4, -0.2) is 54.6 Å². The molecular weight excluding hydrogens is 250 g/mol. The molecule has 0 unspecified atom stereocenters. The number of nitrogens with one attached hydrogen (secondary N) is 1. The molecule has 0 bridgehead atoms. The van der Waals surface area contributed by atoms with E-state index in [1.807, 2.05) is 7.05 Å². The van der Waals surface area contributed by atoms with Gasteiger partial charge in [0, 0.05) is 44.7 Å². The van der Waals surface area contributed by atoms with Gasteiger partial charge in [0.15, 0.2) is 0 Å². The molecule has 1 fully saturated rings. The maximum absolute atomic E-state index is 4.78. The second kappa shape index (κ2) is 5.95. The van der Waals surface area contributed by atoms with E-state index in [1.54, 1.807) is 0 Å². The van der Waals surface area contributed by atoms with E-state index >= 15 is 0 Å². The topological polar surface area (TPSA) is 44.3 Å². The monoisotopic (exact) mass is 277 g/mol. The Labute approximate surface area is 122 Å². The SMILES string of the molecule is CCN1CCN(c2cc(NC)nc(C(C)(C)C)n2)CC1. The summed E-state index contributed by atoms with van der Waals surface area (Å²) in [5.74, 6) is 2.85. The summed E-state index contributed by atoms with van der Waals surface area (Å²) in [6.45, 7) is 14.1. The number of anilines is 2. The Morgan fingerprint density at radius 2 is 1.80 bits per heavy atom. The summed E-state index contributed by atoms with van der Waals surface area (Å²) in [6.07, 6.45) is 0. The van der Waals surface area contributed by atoms with Crippen molar-refractivity contribution in [1.29, 1.82) is 0 Å². The van der Waals surface area contributed by atoms with Crippen molar-refractivity contribution >= 4 is 11.6 Å². The van der Waals surface area contributed by atoms with Crippen molar-refractivity contribution in [2.24, 2.45) is 0 Å². The van der Waals surface area contributed by atoms with Gasteiger partial charge in [-0.1, -0.05) is 27.7 Å². The molecule has 1 aliphatic heterocycles. The normalized spacial score (nSPS) is 17.4. The molecule has 20 heavy (non-hydrogen) atoms. The van der Waals surface area contributed by atoms with Crippen LogP contribution < -0.4 is 10.2 Å².